The Labute approximate surface area is 289 Å². The maximum atomic E-state index is 14.0. The number of benzene rings is 2. The van der Waals surface area contributed by atoms with Gasteiger partial charge < -0.3 is 39.4 Å². The van der Waals surface area contributed by atoms with Gasteiger partial charge in [-0.15, -0.1) is 0 Å². The summed E-state index contributed by atoms with van der Waals surface area (Å²) in [6, 6.07) is 11.6. The van der Waals surface area contributed by atoms with E-state index in [0.717, 1.165) is 22.4 Å². The second-order valence-corrected chi connectivity index (χ2v) is 14.8. The van der Waals surface area contributed by atoms with Gasteiger partial charge in [-0.3, -0.25) is 9.59 Å². The summed E-state index contributed by atoms with van der Waals surface area (Å²) in [4.78, 5) is 49.6. The molecule has 13 heteroatoms. The number of aromatic nitrogens is 2. The Bertz CT molecular complexity index is 1990. The number of amides is 2. The van der Waals surface area contributed by atoms with Crippen LogP contribution in [0.3, 0.4) is 0 Å². The molecule has 1 unspecified atom stereocenters. The van der Waals surface area contributed by atoms with Crippen molar-refractivity contribution in [1.29, 1.82) is 0 Å². The van der Waals surface area contributed by atoms with Crippen molar-refractivity contribution in [3.63, 3.8) is 0 Å². The van der Waals surface area contributed by atoms with Gasteiger partial charge in [0.05, 0.1) is 0 Å². The second kappa shape index (κ2) is 12.0. The van der Waals surface area contributed by atoms with E-state index in [9.17, 15) is 19.5 Å². The van der Waals surface area contributed by atoms with Gasteiger partial charge in [-0.05, 0) is 55.9 Å². The normalized spacial score (nSPS) is 22.8. The number of anilines is 1. The highest BCUT2D eigenvalue weighted by atomic mass is 16.6. The van der Waals surface area contributed by atoms with E-state index in [-0.39, 0.29) is 41.4 Å². The van der Waals surface area contributed by atoms with Crippen LogP contribution in [0.2, 0.25) is 0 Å². The molecule has 2 amide bonds. The molecule has 50 heavy (non-hydrogen) atoms. The molecular weight excluding hydrogens is 642 g/mol. The number of ether oxygens (including phenoxy) is 2. The molecule has 0 radical (unpaired) electrons. The second-order valence-electron chi connectivity index (χ2n) is 14.8. The minimum Gasteiger partial charge on any atom is -0.469 e. The van der Waals surface area contributed by atoms with E-state index in [0.29, 0.717) is 11.5 Å². The number of rotatable bonds is 6. The predicted molar refractivity (Wildman–Crippen MR) is 180 cm³/mol. The SMILES string of the molecule is CC(C)[C@H](O)C(=O)N[C@H]1Cc2ccc3c(c2)[C@@]2(c4ccccc4NC2O3)c2oc(nc2-c2nc(C(=O)OC(C)(C)C)co2)[C@H](C(C)C)NC1=O. The number of carbonyl (C=O) groups excluding carboxylic acids is 3. The minimum absolute atomic E-state index is 0.0227. The maximum Gasteiger partial charge on any atom is 0.360 e. The molecule has 2 aromatic carbocycles. The Morgan fingerprint density at radius 2 is 1.82 bits per heavy atom. The molecule has 4 N–H and O–H groups in total. The minimum atomic E-state index is -1.30. The lowest BCUT2D eigenvalue weighted by Gasteiger charge is -2.29. The average molecular weight is 684 g/mol. The maximum absolute atomic E-state index is 14.0. The van der Waals surface area contributed by atoms with Gasteiger partial charge in [-0.2, -0.15) is 0 Å². The monoisotopic (exact) mass is 683 g/mol. The van der Waals surface area contributed by atoms with Crippen LogP contribution in [0.15, 0.2) is 57.6 Å². The van der Waals surface area contributed by atoms with Crippen LogP contribution in [-0.4, -0.2) is 56.8 Å². The highest BCUT2D eigenvalue weighted by Crippen LogP contribution is 2.59. The van der Waals surface area contributed by atoms with E-state index >= 15 is 0 Å². The van der Waals surface area contributed by atoms with Crippen LogP contribution >= 0.6 is 0 Å². The standard InChI is InChI=1S/C37H41N5O8/c1-17(2)26-33-42-27(32-39-24(16-47-32)34(46)50-36(5,6)7)29(49-33)37-20-10-8-9-11-22(20)40-35(37)48-25-13-12-19(14-21(25)37)15-23(30(44)41-26)38-31(45)28(43)18(3)4/h8-14,16-18,23,26,28,35,40,43H,15H2,1-7H3,(H,38,45)(H,41,44)/t23-,26-,28-,35?,37-/m0/s1. The van der Waals surface area contributed by atoms with Crippen LogP contribution in [-0.2, 0) is 26.2 Å². The molecule has 5 heterocycles. The number of carbonyl (C=O) groups is 3. The van der Waals surface area contributed by atoms with E-state index in [1.165, 1.54) is 6.26 Å². The third kappa shape index (κ3) is 5.49. The Hall–Kier alpha value is -5.17. The fourth-order valence-corrected chi connectivity index (χ4v) is 6.81. The predicted octanol–water partition coefficient (Wildman–Crippen LogP) is 4.63. The lowest BCUT2D eigenvalue weighted by Crippen LogP contribution is -2.52. The quantitative estimate of drug-likeness (QED) is 0.208. The number of esters is 1. The largest absolute Gasteiger partial charge is 0.469 e. The van der Waals surface area contributed by atoms with E-state index in [4.69, 9.17) is 23.3 Å². The summed E-state index contributed by atoms with van der Waals surface area (Å²) >= 11 is 0. The molecule has 5 atom stereocenters. The lowest BCUT2D eigenvalue weighted by atomic mass is 9.72. The van der Waals surface area contributed by atoms with Crippen molar-refractivity contribution in [3.05, 3.63) is 82.8 Å². The number of aliphatic hydroxyl groups is 1. The molecule has 0 fully saturated rings. The van der Waals surface area contributed by atoms with Gasteiger partial charge in [0.15, 0.2) is 23.4 Å². The van der Waals surface area contributed by atoms with E-state index < -0.39 is 53.2 Å². The van der Waals surface area contributed by atoms with E-state index in [1.54, 1.807) is 34.6 Å². The van der Waals surface area contributed by atoms with E-state index in [1.807, 2.05) is 56.3 Å². The molecule has 2 aromatic heterocycles. The van der Waals surface area contributed by atoms with Crippen LogP contribution < -0.4 is 20.7 Å². The molecule has 4 bridgehead atoms. The zero-order valence-corrected chi connectivity index (χ0v) is 29.0. The number of nitrogens with zero attached hydrogens (tertiary/aromatic N) is 2. The summed E-state index contributed by atoms with van der Waals surface area (Å²) in [5.41, 5.74) is 1.49. The van der Waals surface area contributed by atoms with Crippen molar-refractivity contribution in [1.82, 2.24) is 20.6 Å². The van der Waals surface area contributed by atoms with Gasteiger partial charge >= 0.3 is 5.97 Å². The van der Waals surface area contributed by atoms with Crippen molar-refractivity contribution < 1.29 is 37.8 Å². The van der Waals surface area contributed by atoms with Crippen molar-refractivity contribution in [3.8, 4) is 17.3 Å². The number of fused-ring (bicyclic) bond motifs is 4. The van der Waals surface area contributed by atoms with Gasteiger partial charge in [-0.1, -0.05) is 58.0 Å². The number of para-hydroxylation sites is 1. The first-order valence-electron chi connectivity index (χ1n) is 16.8. The molecule has 3 aliphatic rings. The third-order valence-corrected chi connectivity index (χ3v) is 9.27. The lowest BCUT2D eigenvalue weighted by molar-refractivity contribution is -0.135. The first-order valence-corrected chi connectivity index (χ1v) is 16.8. The highest BCUT2D eigenvalue weighted by Gasteiger charge is 2.61. The first-order chi connectivity index (χ1) is 23.7. The molecule has 0 saturated carbocycles. The summed E-state index contributed by atoms with van der Waals surface area (Å²) in [5, 5.41) is 19.9. The molecule has 262 valence electrons. The van der Waals surface area contributed by atoms with Crippen LogP contribution in [0.1, 0.15) is 93.3 Å². The first kappa shape index (κ1) is 33.3. The number of hydrogen-bond acceptors (Lipinski definition) is 11. The van der Waals surface area contributed by atoms with Crippen LogP contribution in [0.4, 0.5) is 5.69 Å². The van der Waals surface area contributed by atoms with Crippen molar-refractivity contribution in [2.24, 2.45) is 11.8 Å². The third-order valence-electron chi connectivity index (χ3n) is 9.27. The molecule has 0 saturated heterocycles. The van der Waals surface area contributed by atoms with Gasteiger partial charge in [0.25, 0.3) is 0 Å². The van der Waals surface area contributed by atoms with Gasteiger partial charge in [0.2, 0.25) is 23.6 Å². The zero-order chi connectivity index (χ0) is 35.7. The Morgan fingerprint density at radius 3 is 2.54 bits per heavy atom. The number of aliphatic hydroxyl groups excluding tert-OH is 1. The van der Waals surface area contributed by atoms with Crippen molar-refractivity contribution >= 4 is 23.5 Å². The van der Waals surface area contributed by atoms with Crippen LogP contribution in [0.5, 0.6) is 5.75 Å². The fourth-order valence-electron chi connectivity index (χ4n) is 6.81. The Balaban J connectivity index is 1.45. The fraction of sp³-hybridized carbons (Fsp3) is 0.432. The molecular formula is C37H41N5O8. The summed E-state index contributed by atoms with van der Waals surface area (Å²) in [5.74, 6) is -1.22. The Kier molecular flexibility index (Phi) is 8.00. The topological polar surface area (TPSA) is 178 Å². The van der Waals surface area contributed by atoms with Gasteiger partial charge in [0.1, 0.15) is 41.2 Å². The van der Waals surface area contributed by atoms with E-state index in [2.05, 4.69) is 20.9 Å². The number of nitrogens with one attached hydrogen (secondary N) is 3. The highest BCUT2D eigenvalue weighted by molar-refractivity contribution is 5.90. The van der Waals surface area contributed by atoms with Crippen molar-refractivity contribution in [2.45, 2.75) is 90.3 Å². The molecule has 7 rings (SSSR count). The summed E-state index contributed by atoms with van der Waals surface area (Å²) in [7, 11) is 0. The number of oxazole rings is 2. The van der Waals surface area contributed by atoms with Crippen LogP contribution in [0.25, 0.3) is 11.6 Å². The van der Waals surface area contributed by atoms with Crippen LogP contribution in [0, 0.1) is 11.8 Å². The smallest absolute Gasteiger partial charge is 0.360 e. The molecule has 1 spiro atoms. The summed E-state index contributed by atoms with van der Waals surface area (Å²) in [6.07, 6.45) is -0.610. The average Bonchev–Trinajstić information content (AvgIpc) is 3.82. The summed E-state index contributed by atoms with van der Waals surface area (Å²) < 4.78 is 24.9. The Morgan fingerprint density at radius 1 is 1.06 bits per heavy atom. The zero-order valence-electron chi connectivity index (χ0n) is 29.0. The molecule has 0 aliphatic carbocycles. The van der Waals surface area contributed by atoms with Gasteiger partial charge in [0, 0.05) is 17.7 Å². The summed E-state index contributed by atoms with van der Waals surface area (Å²) in [6.45, 7) is 12.6. The van der Waals surface area contributed by atoms with Gasteiger partial charge in [-0.25, -0.2) is 14.8 Å². The molecule has 3 aliphatic heterocycles. The molecule has 13 nitrogen and oxygen atoms in total. The molecule has 4 aromatic rings. The number of hydrogen-bond donors (Lipinski definition) is 4. The van der Waals surface area contributed by atoms with Crippen molar-refractivity contribution in [2.75, 3.05) is 5.32 Å².